The molecule has 0 aromatic carbocycles. The number of ether oxygens (including phenoxy) is 1. The van der Waals surface area contributed by atoms with Gasteiger partial charge in [0, 0.05) is 26.2 Å². The molecule has 94 valence electrons. The Hall–Kier alpha value is -0.650. The second-order valence-electron chi connectivity index (χ2n) is 4.24. The van der Waals surface area contributed by atoms with E-state index in [0.717, 1.165) is 32.6 Å². The predicted octanol–water partition coefficient (Wildman–Crippen LogP) is 0.114. The van der Waals surface area contributed by atoms with Crippen LogP contribution in [-0.2, 0) is 9.53 Å². The zero-order valence-electron chi connectivity index (χ0n) is 10.2. The zero-order chi connectivity index (χ0) is 12.0. The molecule has 1 aliphatic heterocycles. The maximum atomic E-state index is 11.0. The fourth-order valence-corrected chi connectivity index (χ4v) is 1.92. The molecule has 5 heteroatoms. The minimum atomic E-state index is -0.862. The summed E-state index contributed by atoms with van der Waals surface area (Å²) in [6.07, 6.45) is 0.406. The standard InChI is InChI=1S/C11H22N2O3/c1-3-16-10(11(14)15)9-13-6-4-5-12(2)7-8-13/h10H,3-9H2,1-2H3,(H,14,15). The topological polar surface area (TPSA) is 53.0 Å². The third-order valence-electron chi connectivity index (χ3n) is 2.88. The van der Waals surface area contributed by atoms with Gasteiger partial charge in [-0.05, 0) is 33.5 Å². The van der Waals surface area contributed by atoms with Gasteiger partial charge in [-0.15, -0.1) is 0 Å². The Kier molecular flexibility index (Phi) is 5.73. The molecule has 0 spiro atoms. The first-order valence-corrected chi connectivity index (χ1v) is 5.88. The molecule has 0 aliphatic carbocycles. The fourth-order valence-electron chi connectivity index (χ4n) is 1.92. The Morgan fingerprint density at radius 1 is 1.38 bits per heavy atom. The van der Waals surface area contributed by atoms with Crippen molar-refractivity contribution >= 4 is 5.97 Å². The molecular weight excluding hydrogens is 208 g/mol. The van der Waals surface area contributed by atoms with E-state index in [1.165, 1.54) is 0 Å². The number of rotatable bonds is 5. The Morgan fingerprint density at radius 3 is 2.75 bits per heavy atom. The molecule has 5 nitrogen and oxygen atoms in total. The average Bonchev–Trinajstić information content (AvgIpc) is 2.43. The SMILES string of the molecule is CCOC(CN1CCCN(C)CC1)C(=O)O. The molecule has 1 saturated heterocycles. The number of aliphatic carboxylic acids is 1. The predicted molar refractivity (Wildman–Crippen MR) is 61.6 cm³/mol. The molecule has 1 rings (SSSR count). The fraction of sp³-hybridized carbons (Fsp3) is 0.909. The van der Waals surface area contributed by atoms with Crippen molar-refractivity contribution in [3.63, 3.8) is 0 Å². The summed E-state index contributed by atoms with van der Waals surface area (Å²) in [5.41, 5.74) is 0. The maximum Gasteiger partial charge on any atom is 0.334 e. The maximum absolute atomic E-state index is 11.0. The van der Waals surface area contributed by atoms with Crippen molar-refractivity contribution in [3.05, 3.63) is 0 Å². The highest BCUT2D eigenvalue weighted by Crippen LogP contribution is 2.04. The van der Waals surface area contributed by atoms with Crippen LogP contribution in [0.4, 0.5) is 0 Å². The van der Waals surface area contributed by atoms with E-state index in [0.29, 0.717) is 13.2 Å². The quantitative estimate of drug-likeness (QED) is 0.726. The Morgan fingerprint density at radius 2 is 2.12 bits per heavy atom. The molecule has 1 heterocycles. The summed E-state index contributed by atoms with van der Waals surface area (Å²) in [6.45, 7) is 6.74. The first-order valence-electron chi connectivity index (χ1n) is 5.88. The first kappa shape index (κ1) is 13.4. The highest BCUT2D eigenvalue weighted by molar-refractivity contribution is 5.72. The lowest BCUT2D eigenvalue weighted by Crippen LogP contribution is -2.40. The number of carboxylic acids is 1. The highest BCUT2D eigenvalue weighted by atomic mass is 16.5. The van der Waals surface area contributed by atoms with Gasteiger partial charge < -0.3 is 14.7 Å². The van der Waals surface area contributed by atoms with Crippen molar-refractivity contribution < 1.29 is 14.6 Å². The van der Waals surface area contributed by atoms with Crippen LogP contribution in [0, 0.1) is 0 Å². The molecule has 1 N–H and O–H groups in total. The molecule has 0 aromatic heterocycles. The largest absolute Gasteiger partial charge is 0.479 e. The molecule has 0 amide bonds. The zero-order valence-corrected chi connectivity index (χ0v) is 10.2. The molecule has 16 heavy (non-hydrogen) atoms. The van der Waals surface area contributed by atoms with Gasteiger partial charge in [-0.2, -0.15) is 0 Å². The molecular formula is C11H22N2O3. The van der Waals surface area contributed by atoms with Gasteiger partial charge in [-0.25, -0.2) is 4.79 Å². The van der Waals surface area contributed by atoms with Crippen LogP contribution < -0.4 is 0 Å². The van der Waals surface area contributed by atoms with E-state index in [2.05, 4.69) is 16.8 Å². The Labute approximate surface area is 97.0 Å². The number of hydrogen-bond acceptors (Lipinski definition) is 4. The third-order valence-corrected chi connectivity index (χ3v) is 2.88. The number of nitrogens with zero attached hydrogens (tertiary/aromatic N) is 2. The van der Waals surface area contributed by atoms with Crippen LogP contribution in [0.15, 0.2) is 0 Å². The lowest BCUT2D eigenvalue weighted by atomic mass is 10.3. The summed E-state index contributed by atoms with van der Waals surface area (Å²) in [5, 5.41) is 9.00. The summed E-state index contributed by atoms with van der Waals surface area (Å²) in [4.78, 5) is 15.4. The van der Waals surface area contributed by atoms with Crippen molar-refractivity contribution in [3.8, 4) is 0 Å². The molecule has 0 aromatic rings. The van der Waals surface area contributed by atoms with E-state index in [1.54, 1.807) is 0 Å². The monoisotopic (exact) mass is 230 g/mol. The van der Waals surface area contributed by atoms with Gasteiger partial charge in [0.2, 0.25) is 0 Å². The van der Waals surface area contributed by atoms with Crippen LogP contribution in [0.2, 0.25) is 0 Å². The van der Waals surface area contributed by atoms with Crippen LogP contribution in [0.25, 0.3) is 0 Å². The van der Waals surface area contributed by atoms with E-state index in [1.807, 2.05) is 6.92 Å². The summed E-state index contributed by atoms with van der Waals surface area (Å²) >= 11 is 0. The average molecular weight is 230 g/mol. The number of carbonyl (C=O) groups is 1. The molecule has 0 bridgehead atoms. The van der Waals surface area contributed by atoms with E-state index in [4.69, 9.17) is 9.84 Å². The van der Waals surface area contributed by atoms with E-state index < -0.39 is 12.1 Å². The van der Waals surface area contributed by atoms with Crippen molar-refractivity contribution in [2.45, 2.75) is 19.4 Å². The van der Waals surface area contributed by atoms with Gasteiger partial charge in [0.25, 0.3) is 0 Å². The third kappa shape index (κ3) is 4.47. The van der Waals surface area contributed by atoms with Gasteiger partial charge in [0.1, 0.15) is 0 Å². The lowest BCUT2D eigenvalue weighted by molar-refractivity contribution is -0.151. The summed E-state index contributed by atoms with van der Waals surface area (Å²) < 4.78 is 5.22. The van der Waals surface area contributed by atoms with Gasteiger partial charge in [-0.1, -0.05) is 0 Å². The molecule has 0 saturated carbocycles. The van der Waals surface area contributed by atoms with Crippen molar-refractivity contribution in [2.75, 3.05) is 46.4 Å². The highest BCUT2D eigenvalue weighted by Gasteiger charge is 2.22. The summed E-state index contributed by atoms with van der Waals surface area (Å²) in [5.74, 6) is -0.862. The number of hydrogen-bond donors (Lipinski definition) is 1. The smallest absolute Gasteiger partial charge is 0.334 e. The molecule has 1 fully saturated rings. The first-order chi connectivity index (χ1) is 7.63. The van der Waals surface area contributed by atoms with Crippen molar-refractivity contribution in [1.82, 2.24) is 9.80 Å². The molecule has 1 unspecified atom stereocenters. The van der Waals surface area contributed by atoms with E-state index >= 15 is 0 Å². The van der Waals surface area contributed by atoms with Gasteiger partial charge in [0.15, 0.2) is 6.10 Å². The van der Waals surface area contributed by atoms with Crippen LogP contribution in [0.5, 0.6) is 0 Å². The Bertz CT molecular complexity index is 223. The van der Waals surface area contributed by atoms with Gasteiger partial charge in [0.05, 0.1) is 0 Å². The summed E-state index contributed by atoms with van der Waals surface area (Å²) in [6, 6.07) is 0. The van der Waals surface area contributed by atoms with E-state index in [9.17, 15) is 4.79 Å². The minimum Gasteiger partial charge on any atom is -0.479 e. The molecule has 1 aliphatic rings. The molecule has 0 radical (unpaired) electrons. The number of likely N-dealkylation sites (N-methyl/N-ethyl adjacent to an activating group) is 1. The lowest BCUT2D eigenvalue weighted by Gasteiger charge is -2.23. The van der Waals surface area contributed by atoms with Gasteiger partial charge in [-0.3, -0.25) is 4.90 Å². The Balaban J connectivity index is 2.40. The minimum absolute atomic E-state index is 0.449. The number of carboxylic acid groups (broad SMARTS) is 1. The second-order valence-corrected chi connectivity index (χ2v) is 4.24. The van der Waals surface area contributed by atoms with Crippen LogP contribution in [0.3, 0.4) is 0 Å². The molecule has 1 atom stereocenters. The van der Waals surface area contributed by atoms with Crippen LogP contribution in [0.1, 0.15) is 13.3 Å². The second kappa shape index (κ2) is 6.83. The van der Waals surface area contributed by atoms with E-state index in [-0.39, 0.29) is 0 Å². The van der Waals surface area contributed by atoms with Crippen molar-refractivity contribution in [1.29, 1.82) is 0 Å². The van der Waals surface area contributed by atoms with Crippen LogP contribution in [-0.4, -0.2) is 73.4 Å². The van der Waals surface area contributed by atoms with Gasteiger partial charge >= 0.3 is 5.97 Å². The van der Waals surface area contributed by atoms with Crippen molar-refractivity contribution in [2.24, 2.45) is 0 Å². The summed E-state index contributed by atoms with van der Waals surface area (Å²) in [7, 11) is 2.10. The normalized spacial score (nSPS) is 21.6. The van der Waals surface area contributed by atoms with Crippen LogP contribution >= 0.6 is 0 Å².